The van der Waals surface area contributed by atoms with Gasteiger partial charge in [-0.25, -0.2) is 13.2 Å². The molecule has 2 aromatic carbocycles. The zero-order chi connectivity index (χ0) is 15.6. The molecule has 2 rings (SSSR count). The van der Waals surface area contributed by atoms with Gasteiger partial charge in [-0.05, 0) is 29.8 Å². The lowest BCUT2D eigenvalue weighted by molar-refractivity contribution is 0.0779. The lowest BCUT2D eigenvalue weighted by atomic mass is 10.1. The molecule has 0 aliphatic carbocycles. The van der Waals surface area contributed by atoms with E-state index in [1.165, 1.54) is 11.9 Å². The minimum Gasteiger partial charge on any atom is -0.399 e. The van der Waals surface area contributed by atoms with Crippen LogP contribution in [0.5, 0.6) is 0 Å². The highest BCUT2D eigenvalue weighted by Crippen LogP contribution is 2.18. The number of nitrogen functional groups attached to an aromatic ring is 1. The molecule has 0 fully saturated rings. The summed E-state index contributed by atoms with van der Waals surface area (Å²) in [4.78, 5) is 13.3. The van der Waals surface area contributed by atoms with Gasteiger partial charge in [0.2, 0.25) is 0 Å². The van der Waals surface area contributed by atoms with Crippen LogP contribution in [0.25, 0.3) is 0 Å². The third-order valence-electron chi connectivity index (χ3n) is 2.98. The number of anilines is 1. The molecule has 0 bridgehead atoms. The summed E-state index contributed by atoms with van der Waals surface area (Å²) in [5, 5.41) is 0. The third kappa shape index (κ3) is 3.16. The fourth-order valence-electron chi connectivity index (χ4n) is 1.93. The van der Waals surface area contributed by atoms with Crippen molar-refractivity contribution < 1.29 is 18.0 Å². The summed E-state index contributed by atoms with van der Waals surface area (Å²) in [5.41, 5.74) is 6.39. The normalized spacial score (nSPS) is 10.5. The van der Waals surface area contributed by atoms with E-state index < -0.39 is 28.9 Å². The van der Waals surface area contributed by atoms with Crippen molar-refractivity contribution in [1.82, 2.24) is 4.90 Å². The average Bonchev–Trinajstić information content (AvgIpc) is 2.44. The molecule has 0 aliphatic heterocycles. The maximum Gasteiger partial charge on any atom is 0.256 e. The van der Waals surface area contributed by atoms with Gasteiger partial charge in [0.25, 0.3) is 5.91 Å². The van der Waals surface area contributed by atoms with Crippen molar-refractivity contribution in [2.75, 3.05) is 12.8 Å². The van der Waals surface area contributed by atoms with Crippen molar-refractivity contribution in [3.05, 3.63) is 65.0 Å². The Hall–Kier alpha value is -2.50. The molecule has 0 spiro atoms. The van der Waals surface area contributed by atoms with Gasteiger partial charge in [-0.1, -0.05) is 12.1 Å². The van der Waals surface area contributed by atoms with E-state index in [4.69, 9.17) is 5.73 Å². The molecule has 0 aromatic heterocycles. The Morgan fingerprint density at radius 1 is 1.14 bits per heavy atom. The van der Waals surface area contributed by atoms with E-state index in [-0.39, 0.29) is 6.54 Å². The molecule has 0 unspecified atom stereocenters. The highest BCUT2D eigenvalue weighted by Gasteiger charge is 2.21. The van der Waals surface area contributed by atoms with Crippen LogP contribution >= 0.6 is 0 Å². The number of rotatable bonds is 3. The Morgan fingerprint density at radius 3 is 2.52 bits per heavy atom. The van der Waals surface area contributed by atoms with Gasteiger partial charge in [0.05, 0.1) is 5.56 Å². The molecule has 2 N–H and O–H groups in total. The number of hydrogen-bond donors (Lipinski definition) is 1. The zero-order valence-electron chi connectivity index (χ0n) is 11.2. The molecule has 2 aromatic rings. The Bertz CT molecular complexity index is 689. The maximum atomic E-state index is 13.6. The van der Waals surface area contributed by atoms with E-state index in [1.54, 1.807) is 24.3 Å². The maximum absolute atomic E-state index is 13.6. The largest absolute Gasteiger partial charge is 0.399 e. The van der Waals surface area contributed by atoms with Crippen molar-refractivity contribution in [1.29, 1.82) is 0 Å². The van der Waals surface area contributed by atoms with Crippen LogP contribution in [-0.4, -0.2) is 17.9 Å². The summed E-state index contributed by atoms with van der Waals surface area (Å²) < 4.78 is 39.6. The Labute approximate surface area is 119 Å². The molecule has 3 nitrogen and oxygen atoms in total. The Kier molecular flexibility index (Phi) is 4.16. The highest BCUT2D eigenvalue weighted by atomic mass is 19.2. The van der Waals surface area contributed by atoms with Gasteiger partial charge >= 0.3 is 0 Å². The second-order valence-corrected chi connectivity index (χ2v) is 4.63. The summed E-state index contributed by atoms with van der Waals surface area (Å²) >= 11 is 0. The van der Waals surface area contributed by atoms with Gasteiger partial charge in [0, 0.05) is 19.3 Å². The number of carbonyl (C=O) groups excluding carboxylic acids is 1. The standard InChI is InChI=1S/C15H13F3N2O/c1-20(8-9-3-2-4-10(19)7-9)15(21)11-5-6-12(16)14(18)13(11)17/h2-7H,8,19H2,1H3. The molecule has 0 atom stereocenters. The van der Waals surface area contributed by atoms with Crippen molar-refractivity contribution in [2.24, 2.45) is 0 Å². The summed E-state index contributed by atoms with van der Waals surface area (Å²) in [6, 6.07) is 8.49. The van der Waals surface area contributed by atoms with Gasteiger partial charge in [0.1, 0.15) is 0 Å². The number of amides is 1. The monoisotopic (exact) mass is 294 g/mol. The quantitative estimate of drug-likeness (QED) is 0.699. The molecule has 0 saturated heterocycles. The van der Waals surface area contributed by atoms with Crippen molar-refractivity contribution in [3.63, 3.8) is 0 Å². The van der Waals surface area contributed by atoms with E-state index in [0.29, 0.717) is 5.69 Å². The molecule has 110 valence electrons. The molecule has 21 heavy (non-hydrogen) atoms. The number of carbonyl (C=O) groups is 1. The number of nitrogens with two attached hydrogens (primary N) is 1. The SMILES string of the molecule is CN(Cc1cccc(N)c1)C(=O)c1ccc(F)c(F)c1F. The zero-order valence-corrected chi connectivity index (χ0v) is 11.2. The van der Waals surface area contributed by atoms with E-state index in [0.717, 1.165) is 17.7 Å². The third-order valence-corrected chi connectivity index (χ3v) is 2.98. The fourth-order valence-corrected chi connectivity index (χ4v) is 1.93. The van der Waals surface area contributed by atoms with Crippen LogP contribution in [0.1, 0.15) is 15.9 Å². The Balaban J connectivity index is 2.22. The van der Waals surface area contributed by atoms with Crippen molar-refractivity contribution in [3.8, 4) is 0 Å². The molecular formula is C15H13F3N2O. The van der Waals surface area contributed by atoms with Crippen LogP contribution in [0.4, 0.5) is 18.9 Å². The van der Waals surface area contributed by atoms with Crippen LogP contribution in [0, 0.1) is 17.5 Å². The Morgan fingerprint density at radius 2 is 1.86 bits per heavy atom. The molecular weight excluding hydrogens is 281 g/mol. The first-order valence-electron chi connectivity index (χ1n) is 6.13. The number of hydrogen-bond acceptors (Lipinski definition) is 2. The summed E-state index contributed by atoms with van der Waals surface area (Å²) in [6.07, 6.45) is 0. The van der Waals surface area contributed by atoms with E-state index in [2.05, 4.69) is 0 Å². The van der Waals surface area contributed by atoms with Gasteiger partial charge in [-0.3, -0.25) is 4.79 Å². The lowest BCUT2D eigenvalue weighted by Crippen LogP contribution is -2.27. The predicted octanol–water partition coefficient (Wildman–Crippen LogP) is 2.96. The minimum absolute atomic E-state index is 0.169. The molecule has 0 saturated carbocycles. The fraction of sp³-hybridized carbons (Fsp3) is 0.133. The first-order valence-corrected chi connectivity index (χ1v) is 6.13. The van der Waals surface area contributed by atoms with Crippen molar-refractivity contribution >= 4 is 11.6 Å². The second kappa shape index (κ2) is 5.87. The van der Waals surface area contributed by atoms with Crippen LogP contribution in [-0.2, 0) is 6.54 Å². The van der Waals surface area contributed by atoms with Crippen LogP contribution < -0.4 is 5.73 Å². The second-order valence-electron chi connectivity index (χ2n) is 4.63. The molecule has 0 radical (unpaired) electrons. The highest BCUT2D eigenvalue weighted by molar-refractivity contribution is 5.94. The van der Waals surface area contributed by atoms with Gasteiger partial charge < -0.3 is 10.6 Å². The molecule has 6 heteroatoms. The van der Waals surface area contributed by atoms with Crippen LogP contribution in [0.3, 0.4) is 0 Å². The van der Waals surface area contributed by atoms with Crippen molar-refractivity contribution in [2.45, 2.75) is 6.54 Å². The van der Waals surface area contributed by atoms with Crippen LogP contribution in [0.2, 0.25) is 0 Å². The molecule has 1 amide bonds. The summed E-state index contributed by atoms with van der Waals surface area (Å²) in [7, 11) is 1.44. The predicted molar refractivity (Wildman–Crippen MR) is 73.0 cm³/mol. The summed E-state index contributed by atoms with van der Waals surface area (Å²) in [6.45, 7) is 0.169. The molecule has 0 heterocycles. The average molecular weight is 294 g/mol. The number of benzene rings is 2. The van der Waals surface area contributed by atoms with E-state index in [9.17, 15) is 18.0 Å². The minimum atomic E-state index is -1.65. The van der Waals surface area contributed by atoms with E-state index in [1.807, 2.05) is 0 Å². The number of halogens is 3. The lowest BCUT2D eigenvalue weighted by Gasteiger charge is -2.18. The first kappa shape index (κ1) is 14.9. The molecule has 0 aliphatic rings. The summed E-state index contributed by atoms with van der Waals surface area (Å²) in [5.74, 6) is -5.21. The van der Waals surface area contributed by atoms with Gasteiger partial charge in [-0.2, -0.15) is 0 Å². The van der Waals surface area contributed by atoms with Crippen LogP contribution in [0.15, 0.2) is 36.4 Å². The van der Waals surface area contributed by atoms with Gasteiger partial charge in [0.15, 0.2) is 17.5 Å². The number of nitrogens with zero attached hydrogens (tertiary/aromatic N) is 1. The topological polar surface area (TPSA) is 46.3 Å². The van der Waals surface area contributed by atoms with Gasteiger partial charge in [-0.15, -0.1) is 0 Å². The smallest absolute Gasteiger partial charge is 0.256 e. The first-order chi connectivity index (χ1) is 9.90. The van der Waals surface area contributed by atoms with E-state index >= 15 is 0 Å².